The monoisotopic (exact) mass is 382 g/mol. The van der Waals surface area contributed by atoms with Gasteiger partial charge in [0.15, 0.2) is 0 Å². The van der Waals surface area contributed by atoms with Crippen LogP contribution in [0.25, 0.3) is 0 Å². The Labute approximate surface area is 132 Å². The quantitative estimate of drug-likeness (QED) is 0.532. The van der Waals surface area contributed by atoms with Crippen LogP contribution >= 0.6 is 27.7 Å². The van der Waals surface area contributed by atoms with E-state index in [0.29, 0.717) is 16.7 Å². The Morgan fingerprint density at radius 3 is 2.70 bits per heavy atom. The van der Waals surface area contributed by atoms with E-state index in [9.17, 15) is 8.42 Å². The fourth-order valence-corrected chi connectivity index (χ4v) is 3.65. The second-order valence-corrected chi connectivity index (χ2v) is 7.70. The maximum absolute atomic E-state index is 12.2. The maximum atomic E-state index is 12.2. The molecule has 0 aliphatic heterocycles. The van der Waals surface area contributed by atoms with Gasteiger partial charge in [-0.05, 0) is 52.9 Å². The van der Waals surface area contributed by atoms with Crippen molar-refractivity contribution >= 4 is 43.4 Å². The lowest BCUT2D eigenvalue weighted by Gasteiger charge is -2.12. The number of methoxy groups -OCH3 is 1. The van der Waals surface area contributed by atoms with Gasteiger partial charge >= 0.3 is 0 Å². The van der Waals surface area contributed by atoms with Gasteiger partial charge in [-0.2, -0.15) is 11.8 Å². The third kappa shape index (κ3) is 4.83. The van der Waals surface area contributed by atoms with Crippen molar-refractivity contribution in [3.05, 3.63) is 16.6 Å². The van der Waals surface area contributed by atoms with Gasteiger partial charge in [-0.15, -0.1) is 0 Å². The molecule has 0 amide bonds. The van der Waals surface area contributed by atoms with Crippen LogP contribution in [0.4, 0.5) is 5.69 Å². The minimum absolute atomic E-state index is 0.0607. The van der Waals surface area contributed by atoms with Gasteiger partial charge in [0.1, 0.15) is 10.6 Å². The highest BCUT2D eigenvalue weighted by Crippen LogP contribution is 2.32. The first-order valence-corrected chi connectivity index (χ1v) is 9.71. The van der Waals surface area contributed by atoms with Crippen LogP contribution in [0.2, 0.25) is 0 Å². The summed E-state index contributed by atoms with van der Waals surface area (Å²) >= 11 is 4.99. The third-order valence-electron chi connectivity index (χ3n) is 2.64. The molecule has 5 nitrogen and oxygen atoms in total. The van der Waals surface area contributed by atoms with Gasteiger partial charge in [0.25, 0.3) is 0 Å². The first-order valence-electron chi connectivity index (χ1n) is 6.04. The number of sulfonamides is 1. The van der Waals surface area contributed by atoms with Gasteiger partial charge in [-0.25, -0.2) is 13.1 Å². The molecule has 1 rings (SSSR count). The molecule has 0 spiro atoms. The lowest BCUT2D eigenvalue weighted by Crippen LogP contribution is -2.25. The van der Waals surface area contributed by atoms with E-state index < -0.39 is 10.0 Å². The molecule has 0 unspecified atom stereocenters. The van der Waals surface area contributed by atoms with Crippen molar-refractivity contribution < 1.29 is 13.2 Å². The van der Waals surface area contributed by atoms with Crippen LogP contribution in [-0.2, 0) is 10.0 Å². The predicted octanol–water partition coefficient (Wildman–Crippen LogP) is 2.46. The molecule has 0 fully saturated rings. The summed E-state index contributed by atoms with van der Waals surface area (Å²) in [6.07, 6.45) is 3.80. The van der Waals surface area contributed by atoms with Crippen molar-refractivity contribution in [2.24, 2.45) is 0 Å². The molecular weight excluding hydrogens is 364 g/mol. The van der Waals surface area contributed by atoms with Crippen LogP contribution in [0.3, 0.4) is 0 Å². The molecule has 0 atom stereocenters. The van der Waals surface area contributed by atoms with Crippen LogP contribution in [-0.4, -0.2) is 34.1 Å². The van der Waals surface area contributed by atoms with Gasteiger partial charge in [-0.3, -0.25) is 0 Å². The Kier molecular flexibility index (Phi) is 7.14. The minimum atomic E-state index is -3.61. The molecule has 3 N–H and O–H groups in total. The number of ether oxygens (including phenoxy) is 1. The number of hydrogen-bond donors (Lipinski definition) is 2. The largest absolute Gasteiger partial charge is 0.495 e. The number of thioether (sulfide) groups is 1. The van der Waals surface area contributed by atoms with Gasteiger partial charge in [0, 0.05) is 16.7 Å². The second-order valence-electron chi connectivity index (χ2n) is 4.12. The number of rotatable bonds is 8. The molecule has 0 aliphatic rings. The highest BCUT2D eigenvalue weighted by Gasteiger charge is 2.20. The normalized spacial score (nSPS) is 11.6. The molecule has 0 saturated heterocycles. The fourth-order valence-electron chi connectivity index (χ4n) is 1.58. The molecule has 0 radical (unpaired) electrons. The van der Waals surface area contributed by atoms with Crippen LogP contribution in [0.1, 0.15) is 12.8 Å². The van der Waals surface area contributed by atoms with E-state index in [1.54, 1.807) is 17.8 Å². The molecule has 1 aromatic carbocycles. The summed E-state index contributed by atoms with van der Waals surface area (Å²) in [6.45, 7) is 0.405. The van der Waals surface area contributed by atoms with Crippen molar-refractivity contribution in [2.75, 3.05) is 31.4 Å². The summed E-state index contributed by atoms with van der Waals surface area (Å²) in [6, 6.07) is 2.95. The fraction of sp³-hybridized carbons (Fsp3) is 0.500. The Hall–Kier alpha value is -0.440. The zero-order chi connectivity index (χ0) is 15.2. The zero-order valence-corrected chi connectivity index (χ0v) is 14.7. The number of halogens is 1. The van der Waals surface area contributed by atoms with Gasteiger partial charge in [0.05, 0.1) is 7.11 Å². The lowest BCUT2D eigenvalue weighted by molar-refractivity contribution is 0.402. The number of nitrogen functional groups attached to an aromatic ring is 1. The third-order valence-corrected chi connectivity index (χ3v) is 5.51. The Morgan fingerprint density at radius 1 is 1.40 bits per heavy atom. The first-order chi connectivity index (χ1) is 9.42. The molecule has 0 bridgehead atoms. The molecule has 0 saturated carbocycles. The summed E-state index contributed by atoms with van der Waals surface area (Å²) in [7, 11) is -2.19. The highest BCUT2D eigenvalue weighted by atomic mass is 79.9. The average Bonchev–Trinajstić information content (AvgIpc) is 2.41. The van der Waals surface area contributed by atoms with Crippen LogP contribution < -0.4 is 15.2 Å². The summed E-state index contributed by atoms with van der Waals surface area (Å²) in [5.74, 6) is 1.29. The summed E-state index contributed by atoms with van der Waals surface area (Å²) in [5.41, 5.74) is 6.09. The van der Waals surface area contributed by atoms with Crippen molar-refractivity contribution in [2.45, 2.75) is 17.7 Å². The van der Waals surface area contributed by atoms with E-state index in [-0.39, 0.29) is 10.6 Å². The average molecular weight is 383 g/mol. The van der Waals surface area contributed by atoms with E-state index >= 15 is 0 Å². The van der Waals surface area contributed by atoms with Crippen LogP contribution in [0.15, 0.2) is 21.5 Å². The number of nitrogens with one attached hydrogen (secondary N) is 1. The smallest absolute Gasteiger partial charge is 0.244 e. The number of unbranched alkanes of at least 4 members (excludes halogenated alkanes) is 1. The number of benzene rings is 1. The van der Waals surface area contributed by atoms with Gasteiger partial charge in [0.2, 0.25) is 10.0 Å². The number of nitrogens with two attached hydrogens (primary N) is 1. The van der Waals surface area contributed by atoms with E-state index in [4.69, 9.17) is 10.5 Å². The van der Waals surface area contributed by atoms with Crippen molar-refractivity contribution in [3.8, 4) is 5.75 Å². The number of anilines is 1. The predicted molar refractivity (Wildman–Crippen MR) is 87.9 cm³/mol. The van der Waals surface area contributed by atoms with Crippen molar-refractivity contribution in [3.63, 3.8) is 0 Å². The topological polar surface area (TPSA) is 81.4 Å². The molecular formula is C12H19BrN2O3S2. The maximum Gasteiger partial charge on any atom is 0.244 e. The van der Waals surface area contributed by atoms with E-state index in [0.717, 1.165) is 18.6 Å². The zero-order valence-electron chi connectivity index (χ0n) is 11.5. The SMILES string of the molecule is COc1cc(Br)c(N)cc1S(=O)(=O)NCCCCSC. The van der Waals surface area contributed by atoms with E-state index in [2.05, 4.69) is 20.7 Å². The molecule has 20 heavy (non-hydrogen) atoms. The van der Waals surface area contributed by atoms with Crippen LogP contribution in [0, 0.1) is 0 Å². The Morgan fingerprint density at radius 2 is 2.10 bits per heavy atom. The molecule has 0 aliphatic carbocycles. The van der Waals surface area contributed by atoms with Crippen LogP contribution in [0.5, 0.6) is 5.75 Å². The van der Waals surface area contributed by atoms with E-state index in [1.807, 2.05) is 6.26 Å². The van der Waals surface area contributed by atoms with Gasteiger partial charge < -0.3 is 10.5 Å². The standard InChI is InChI=1S/C12H19BrN2O3S2/c1-18-11-7-9(13)10(14)8-12(11)20(16,17)15-5-3-4-6-19-2/h7-8,15H,3-6,14H2,1-2H3. The second kappa shape index (κ2) is 8.11. The molecule has 0 heterocycles. The molecule has 114 valence electrons. The molecule has 0 aromatic heterocycles. The van der Waals surface area contributed by atoms with Gasteiger partial charge in [-0.1, -0.05) is 0 Å². The first kappa shape index (κ1) is 17.6. The lowest BCUT2D eigenvalue weighted by atomic mass is 10.3. The minimum Gasteiger partial charge on any atom is -0.495 e. The number of hydrogen-bond acceptors (Lipinski definition) is 5. The summed E-state index contributed by atoms with van der Waals surface area (Å²) < 4.78 is 32.8. The van der Waals surface area contributed by atoms with E-state index in [1.165, 1.54) is 13.2 Å². The molecule has 8 heteroatoms. The summed E-state index contributed by atoms with van der Waals surface area (Å²) in [4.78, 5) is 0.0607. The van der Waals surface area contributed by atoms with Crippen molar-refractivity contribution in [1.82, 2.24) is 4.72 Å². The summed E-state index contributed by atoms with van der Waals surface area (Å²) in [5, 5.41) is 0. The highest BCUT2D eigenvalue weighted by molar-refractivity contribution is 9.10. The van der Waals surface area contributed by atoms with Crippen molar-refractivity contribution in [1.29, 1.82) is 0 Å². The Bertz CT molecular complexity index is 550. The molecule has 1 aromatic rings. The Balaban J connectivity index is 2.84.